The van der Waals surface area contributed by atoms with E-state index in [2.05, 4.69) is 20.3 Å². The van der Waals surface area contributed by atoms with Crippen molar-refractivity contribution in [1.29, 1.82) is 0 Å². The Bertz CT molecular complexity index is 697. The number of carbonyl (C=O) groups excluding carboxylic acids is 1. The SMILES string of the molecule is CCc1nc([C@H]2CCCN(C(=O)c3ccc(N(C)C)nn3)C2)no1. The Labute approximate surface area is 140 Å². The van der Waals surface area contributed by atoms with Gasteiger partial charge in [-0.25, -0.2) is 0 Å². The molecule has 0 bridgehead atoms. The Hall–Kier alpha value is -2.51. The predicted octanol–water partition coefficient (Wildman–Crippen LogP) is 1.51. The molecule has 2 aromatic rings. The Morgan fingerprint density at radius 2 is 2.21 bits per heavy atom. The maximum Gasteiger partial charge on any atom is 0.274 e. The van der Waals surface area contributed by atoms with Gasteiger partial charge in [-0.3, -0.25) is 4.79 Å². The number of aryl methyl sites for hydroxylation is 1. The first-order chi connectivity index (χ1) is 11.6. The fraction of sp³-hybridized carbons (Fsp3) is 0.562. The minimum atomic E-state index is -0.100. The van der Waals surface area contributed by atoms with Gasteiger partial charge in [-0.2, -0.15) is 4.98 Å². The van der Waals surface area contributed by atoms with Gasteiger partial charge in [-0.1, -0.05) is 12.1 Å². The van der Waals surface area contributed by atoms with Crippen LogP contribution in [-0.2, 0) is 6.42 Å². The zero-order valence-electron chi connectivity index (χ0n) is 14.3. The van der Waals surface area contributed by atoms with Gasteiger partial charge in [0.15, 0.2) is 17.3 Å². The van der Waals surface area contributed by atoms with E-state index in [1.54, 1.807) is 17.0 Å². The number of amides is 1. The van der Waals surface area contributed by atoms with Crippen molar-refractivity contribution in [2.75, 3.05) is 32.1 Å². The first-order valence-corrected chi connectivity index (χ1v) is 8.21. The summed E-state index contributed by atoms with van der Waals surface area (Å²) in [6, 6.07) is 3.52. The van der Waals surface area contributed by atoms with Gasteiger partial charge >= 0.3 is 0 Å². The second-order valence-electron chi connectivity index (χ2n) is 6.16. The molecule has 128 valence electrons. The third-order valence-corrected chi connectivity index (χ3v) is 4.19. The van der Waals surface area contributed by atoms with E-state index in [0.717, 1.165) is 25.1 Å². The highest BCUT2D eigenvalue weighted by molar-refractivity contribution is 5.92. The van der Waals surface area contributed by atoms with E-state index >= 15 is 0 Å². The summed E-state index contributed by atoms with van der Waals surface area (Å²) in [5.74, 6) is 2.07. The van der Waals surface area contributed by atoms with Crippen LogP contribution < -0.4 is 4.90 Å². The van der Waals surface area contributed by atoms with Crippen LogP contribution in [0.2, 0.25) is 0 Å². The van der Waals surface area contributed by atoms with Gasteiger partial charge in [0.2, 0.25) is 5.89 Å². The van der Waals surface area contributed by atoms with Crippen LogP contribution in [0.25, 0.3) is 0 Å². The van der Waals surface area contributed by atoms with Gasteiger partial charge in [0.25, 0.3) is 5.91 Å². The number of hydrogen-bond donors (Lipinski definition) is 0. The van der Waals surface area contributed by atoms with Crippen LogP contribution in [0.1, 0.15) is 47.9 Å². The Morgan fingerprint density at radius 1 is 1.38 bits per heavy atom. The third-order valence-electron chi connectivity index (χ3n) is 4.19. The highest BCUT2D eigenvalue weighted by Gasteiger charge is 2.29. The predicted molar refractivity (Wildman–Crippen MR) is 87.9 cm³/mol. The summed E-state index contributed by atoms with van der Waals surface area (Å²) in [6.45, 7) is 3.27. The zero-order chi connectivity index (χ0) is 17.1. The normalized spacial score (nSPS) is 17.8. The number of carbonyl (C=O) groups is 1. The first-order valence-electron chi connectivity index (χ1n) is 8.21. The van der Waals surface area contributed by atoms with Crippen LogP contribution in [-0.4, -0.2) is 58.3 Å². The molecule has 1 fully saturated rings. The first kappa shape index (κ1) is 16.4. The van der Waals surface area contributed by atoms with Crippen molar-refractivity contribution in [3.8, 4) is 0 Å². The van der Waals surface area contributed by atoms with Gasteiger partial charge in [0, 0.05) is 39.5 Å². The molecule has 0 spiro atoms. The van der Waals surface area contributed by atoms with E-state index < -0.39 is 0 Å². The van der Waals surface area contributed by atoms with Crippen LogP contribution in [0.5, 0.6) is 0 Å². The smallest absolute Gasteiger partial charge is 0.274 e. The van der Waals surface area contributed by atoms with Crippen molar-refractivity contribution in [1.82, 2.24) is 25.2 Å². The second kappa shape index (κ2) is 6.94. The fourth-order valence-electron chi connectivity index (χ4n) is 2.79. The number of aromatic nitrogens is 4. The lowest BCUT2D eigenvalue weighted by Gasteiger charge is -2.30. The molecule has 3 heterocycles. The van der Waals surface area contributed by atoms with E-state index in [1.165, 1.54) is 0 Å². The molecule has 0 radical (unpaired) electrons. The van der Waals surface area contributed by atoms with Crippen molar-refractivity contribution in [2.45, 2.75) is 32.1 Å². The Morgan fingerprint density at radius 3 is 2.83 bits per heavy atom. The van der Waals surface area contributed by atoms with Crippen LogP contribution in [0.3, 0.4) is 0 Å². The van der Waals surface area contributed by atoms with Crippen molar-refractivity contribution in [3.63, 3.8) is 0 Å². The molecule has 8 heteroatoms. The summed E-state index contributed by atoms with van der Waals surface area (Å²) in [7, 11) is 3.77. The molecule has 0 aliphatic carbocycles. The summed E-state index contributed by atoms with van der Waals surface area (Å²) in [4.78, 5) is 20.7. The minimum Gasteiger partial charge on any atom is -0.361 e. The lowest BCUT2D eigenvalue weighted by atomic mass is 9.97. The van der Waals surface area contributed by atoms with Crippen LogP contribution >= 0.6 is 0 Å². The van der Waals surface area contributed by atoms with Gasteiger partial charge in [0.05, 0.1) is 0 Å². The van der Waals surface area contributed by atoms with Crippen LogP contribution in [0.4, 0.5) is 5.82 Å². The number of anilines is 1. The van der Waals surface area contributed by atoms with Gasteiger partial charge in [-0.05, 0) is 25.0 Å². The van der Waals surface area contributed by atoms with E-state index in [9.17, 15) is 4.79 Å². The van der Waals surface area contributed by atoms with Crippen molar-refractivity contribution < 1.29 is 9.32 Å². The molecule has 1 aliphatic heterocycles. The van der Waals surface area contributed by atoms with E-state index in [4.69, 9.17) is 4.52 Å². The summed E-state index contributed by atoms with van der Waals surface area (Å²) >= 11 is 0. The minimum absolute atomic E-state index is 0.100. The molecule has 0 N–H and O–H groups in total. The number of likely N-dealkylation sites (tertiary alicyclic amines) is 1. The summed E-state index contributed by atoms with van der Waals surface area (Å²) in [5, 5.41) is 12.2. The Balaban J connectivity index is 1.70. The maximum atomic E-state index is 12.7. The monoisotopic (exact) mass is 330 g/mol. The number of hydrogen-bond acceptors (Lipinski definition) is 7. The molecule has 1 amide bonds. The maximum absolute atomic E-state index is 12.7. The molecule has 1 saturated heterocycles. The van der Waals surface area contributed by atoms with Gasteiger partial charge < -0.3 is 14.3 Å². The molecule has 24 heavy (non-hydrogen) atoms. The van der Waals surface area contributed by atoms with Crippen molar-refractivity contribution >= 4 is 11.7 Å². The molecule has 0 saturated carbocycles. The molecule has 0 aromatic carbocycles. The van der Waals surface area contributed by atoms with E-state index in [-0.39, 0.29) is 11.8 Å². The van der Waals surface area contributed by atoms with Gasteiger partial charge in [0.1, 0.15) is 0 Å². The number of nitrogens with zero attached hydrogens (tertiary/aromatic N) is 6. The standard InChI is InChI=1S/C16H22N6O2/c1-4-14-17-15(20-24-14)11-6-5-9-22(10-11)16(23)12-7-8-13(19-18-12)21(2)3/h7-8,11H,4-6,9-10H2,1-3H3/t11-/m0/s1. The topological polar surface area (TPSA) is 88.3 Å². The van der Waals surface area contributed by atoms with Crippen molar-refractivity contribution in [2.24, 2.45) is 0 Å². The molecule has 0 unspecified atom stereocenters. The highest BCUT2D eigenvalue weighted by Crippen LogP contribution is 2.25. The number of rotatable bonds is 4. The van der Waals surface area contributed by atoms with E-state index in [0.29, 0.717) is 30.5 Å². The Kier molecular flexibility index (Phi) is 4.73. The summed E-state index contributed by atoms with van der Waals surface area (Å²) in [6.07, 6.45) is 2.59. The molecule has 1 aliphatic rings. The van der Waals surface area contributed by atoms with Crippen LogP contribution in [0, 0.1) is 0 Å². The molecule has 8 nitrogen and oxygen atoms in total. The summed E-state index contributed by atoms with van der Waals surface area (Å²) < 4.78 is 5.19. The molecule has 3 rings (SSSR count). The summed E-state index contributed by atoms with van der Waals surface area (Å²) in [5.41, 5.74) is 0.364. The number of piperidine rings is 1. The fourth-order valence-corrected chi connectivity index (χ4v) is 2.79. The van der Waals surface area contributed by atoms with E-state index in [1.807, 2.05) is 25.9 Å². The quantitative estimate of drug-likeness (QED) is 0.839. The van der Waals surface area contributed by atoms with Crippen molar-refractivity contribution in [3.05, 3.63) is 29.5 Å². The average molecular weight is 330 g/mol. The average Bonchev–Trinajstić information content (AvgIpc) is 3.10. The van der Waals surface area contributed by atoms with Crippen LogP contribution in [0.15, 0.2) is 16.7 Å². The molecule has 2 aromatic heterocycles. The second-order valence-corrected chi connectivity index (χ2v) is 6.16. The lowest BCUT2D eigenvalue weighted by molar-refractivity contribution is 0.0696. The highest BCUT2D eigenvalue weighted by atomic mass is 16.5. The molecular weight excluding hydrogens is 308 g/mol. The molecular formula is C16H22N6O2. The lowest BCUT2D eigenvalue weighted by Crippen LogP contribution is -2.39. The zero-order valence-corrected chi connectivity index (χ0v) is 14.3. The van der Waals surface area contributed by atoms with Gasteiger partial charge in [-0.15, -0.1) is 10.2 Å². The third kappa shape index (κ3) is 3.37. The largest absolute Gasteiger partial charge is 0.361 e. The molecule has 1 atom stereocenters.